The largest absolute Gasteiger partial charge is 0.454 e. The van der Waals surface area contributed by atoms with Crippen molar-refractivity contribution in [2.24, 2.45) is 5.92 Å². The molecule has 2 heterocycles. The number of amides is 1. The number of nitrogens with zero attached hydrogens (tertiary/aromatic N) is 1. The number of carbonyl (C=O) groups excluding carboxylic acids is 1. The van der Waals surface area contributed by atoms with E-state index in [9.17, 15) is 4.79 Å². The van der Waals surface area contributed by atoms with Crippen LogP contribution >= 0.6 is 11.3 Å². The number of fused-ring (bicyclic) bond motifs is 1. The summed E-state index contributed by atoms with van der Waals surface area (Å²) in [6.45, 7) is 0.257. The van der Waals surface area contributed by atoms with Gasteiger partial charge in [-0.2, -0.15) is 0 Å². The first-order valence-corrected chi connectivity index (χ1v) is 8.48. The molecule has 23 heavy (non-hydrogen) atoms. The zero-order valence-electron chi connectivity index (χ0n) is 12.5. The van der Waals surface area contributed by atoms with E-state index in [0.29, 0.717) is 17.5 Å². The average Bonchev–Trinajstić information content (AvgIpc) is 3.27. The third kappa shape index (κ3) is 3.07. The Bertz CT molecular complexity index is 769. The van der Waals surface area contributed by atoms with Gasteiger partial charge in [0, 0.05) is 17.4 Å². The Hall–Kier alpha value is -2.34. The van der Waals surface area contributed by atoms with Gasteiger partial charge in [-0.05, 0) is 37.0 Å². The molecule has 2 aliphatic rings. The van der Waals surface area contributed by atoms with Crippen LogP contribution in [0, 0.1) is 5.92 Å². The van der Waals surface area contributed by atoms with Gasteiger partial charge in [-0.15, -0.1) is 11.3 Å². The first-order chi connectivity index (χ1) is 11.3. The minimum Gasteiger partial charge on any atom is -0.454 e. The lowest BCUT2D eigenvalue weighted by Gasteiger charge is -2.06. The summed E-state index contributed by atoms with van der Waals surface area (Å²) in [7, 11) is 0. The lowest BCUT2D eigenvalue weighted by molar-refractivity contribution is -0.116. The van der Waals surface area contributed by atoms with Crippen molar-refractivity contribution in [1.29, 1.82) is 0 Å². The van der Waals surface area contributed by atoms with Crippen LogP contribution in [-0.4, -0.2) is 17.7 Å². The number of thiazole rings is 1. The fourth-order valence-corrected chi connectivity index (χ4v) is 3.53. The van der Waals surface area contributed by atoms with E-state index in [2.05, 4.69) is 22.5 Å². The first-order valence-electron chi connectivity index (χ1n) is 7.60. The molecule has 1 aromatic carbocycles. The zero-order valence-corrected chi connectivity index (χ0v) is 13.3. The van der Waals surface area contributed by atoms with Gasteiger partial charge >= 0.3 is 0 Å². The van der Waals surface area contributed by atoms with Crippen LogP contribution in [0.15, 0.2) is 35.7 Å². The van der Waals surface area contributed by atoms with Crippen LogP contribution in [-0.2, 0) is 4.79 Å². The van der Waals surface area contributed by atoms with E-state index >= 15 is 0 Å². The summed E-state index contributed by atoms with van der Waals surface area (Å²) in [5.74, 6) is 1.87. The monoisotopic (exact) mass is 328 g/mol. The molecule has 6 heteroatoms. The highest BCUT2D eigenvalue weighted by molar-refractivity contribution is 7.14. The first kappa shape index (κ1) is 14.3. The lowest BCUT2D eigenvalue weighted by Crippen LogP contribution is -2.14. The van der Waals surface area contributed by atoms with Gasteiger partial charge in [0.15, 0.2) is 16.6 Å². The Balaban J connectivity index is 1.44. The van der Waals surface area contributed by atoms with Crippen molar-refractivity contribution in [2.45, 2.75) is 19.3 Å². The Morgan fingerprint density at radius 1 is 1.35 bits per heavy atom. The molecule has 118 valence electrons. The fraction of sp³-hybridized carbons (Fsp3) is 0.294. The molecule has 0 bridgehead atoms. The van der Waals surface area contributed by atoms with Gasteiger partial charge in [0.05, 0.1) is 5.69 Å². The molecule has 0 saturated carbocycles. The third-order valence-corrected chi connectivity index (χ3v) is 4.74. The number of carbonyl (C=O) groups is 1. The quantitative estimate of drug-likeness (QED) is 0.867. The normalized spacial score (nSPS) is 18.3. The summed E-state index contributed by atoms with van der Waals surface area (Å²) in [6, 6.07) is 5.73. The van der Waals surface area contributed by atoms with E-state index in [0.717, 1.165) is 35.6 Å². The van der Waals surface area contributed by atoms with Gasteiger partial charge in [0.2, 0.25) is 12.7 Å². The van der Waals surface area contributed by atoms with Crippen molar-refractivity contribution < 1.29 is 14.3 Å². The summed E-state index contributed by atoms with van der Waals surface area (Å²) in [6.07, 6.45) is 6.92. The van der Waals surface area contributed by atoms with Crippen LogP contribution in [0.4, 0.5) is 5.13 Å². The van der Waals surface area contributed by atoms with Crippen molar-refractivity contribution in [3.63, 3.8) is 0 Å². The van der Waals surface area contributed by atoms with Crippen LogP contribution in [0.5, 0.6) is 11.5 Å². The van der Waals surface area contributed by atoms with E-state index < -0.39 is 0 Å². The average molecular weight is 328 g/mol. The maximum Gasteiger partial charge on any atom is 0.231 e. The molecule has 4 rings (SSSR count). The van der Waals surface area contributed by atoms with E-state index in [1.54, 1.807) is 0 Å². The summed E-state index contributed by atoms with van der Waals surface area (Å²) >= 11 is 1.43. The van der Waals surface area contributed by atoms with Crippen molar-refractivity contribution >= 4 is 22.4 Å². The summed E-state index contributed by atoms with van der Waals surface area (Å²) in [5, 5.41) is 5.45. The van der Waals surface area contributed by atoms with E-state index in [4.69, 9.17) is 9.47 Å². The van der Waals surface area contributed by atoms with Gasteiger partial charge in [0.25, 0.3) is 0 Å². The van der Waals surface area contributed by atoms with E-state index in [1.165, 1.54) is 11.3 Å². The highest BCUT2D eigenvalue weighted by Gasteiger charge is 2.17. The second-order valence-corrected chi connectivity index (χ2v) is 6.48. The number of allylic oxidation sites excluding steroid dienone is 2. The Morgan fingerprint density at radius 2 is 2.26 bits per heavy atom. The maximum absolute atomic E-state index is 12.1. The Morgan fingerprint density at radius 3 is 3.13 bits per heavy atom. The highest BCUT2D eigenvalue weighted by atomic mass is 32.1. The molecule has 0 spiro atoms. The Kier molecular flexibility index (Phi) is 3.75. The fourth-order valence-electron chi connectivity index (χ4n) is 2.79. The van der Waals surface area contributed by atoms with Crippen LogP contribution in [0.3, 0.4) is 0 Å². The molecule has 1 aliphatic heterocycles. The maximum atomic E-state index is 12.1. The topological polar surface area (TPSA) is 60.5 Å². The van der Waals surface area contributed by atoms with Crippen LogP contribution in [0.2, 0.25) is 0 Å². The minimum atomic E-state index is 0.0214. The number of aromatic nitrogens is 1. The molecule has 0 radical (unpaired) electrons. The van der Waals surface area contributed by atoms with Crippen molar-refractivity contribution in [3.05, 3.63) is 35.7 Å². The lowest BCUT2D eigenvalue weighted by atomic mass is 10.1. The number of ether oxygens (including phenoxy) is 2. The smallest absolute Gasteiger partial charge is 0.231 e. The van der Waals surface area contributed by atoms with Gasteiger partial charge in [-0.1, -0.05) is 12.2 Å². The molecule has 2 aromatic rings. The summed E-state index contributed by atoms with van der Waals surface area (Å²) in [5.41, 5.74) is 1.77. The number of benzene rings is 1. The molecule has 1 atom stereocenters. The molecule has 0 fully saturated rings. The molecule has 1 unspecified atom stereocenters. The zero-order chi connectivity index (χ0) is 15.6. The predicted octanol–water partition coefficient (Wildman–Crippen LogP) is 3.83. The SMILES string of the molecule is O=C(CC1C=CCC1)Nc1nc(-c2ccc3c(c2)OCO3)cs1. The van der Waals surface area contributed by atoms with E-state index in [-0.39, 0.29) is 12.7 Å². The molecule has 1 amide bonds. The molecule has 1 aliphatic carbocycles. The molecule has 5 nitrogen and oxygen atoms in total. The van der Waals surface area contributed by atoms with Gasteiger partial charge in [-0.25, -0.2) is 4.98 Å². The molecule has 1 aromatic heterocycles. The molecular weight excluding hydrogens is 312 g/mol. The van der Waals surface area contributed by atoms with Crippen LogP contribution in [0.25, 0.3) is 11.3 Å². The second kappa shape index (κ2) is 6.04. The summed E-state index contributed by atoms with van der Waals surface area (Å²) < 4.78 is 10.7. The van der Waals surface area contributed by atoms with E-state index in [1.807, 2.05) is 23.6 Å². The number of rotatable bonds is 4. The third-order valence-electron chi connectivity index (χ3n) is 3.98. The van der Waals surface area contributed by atoms with Crippen molar-refractivity contribution in [3.8, 4) is 22.8 Å². The summed E-state index contributed by atoms with van der Waals surface area (Å²) in [4.78, 5) is 16.5. The number of hydrogen-bond donors (Lipinski definition) is 1. The van der Waals surface area contributed by atoms with Crippen LogP contribution < -0.4 is 14.8 Å². The Labute approximate surface area is 138 Å². The van der Waals surface area contributed by atoms with Gasteiger partial charge in [0.1, 0.15) is 0 Å². The van der Waals surface area contributed by atoms with Gasteiger partial charge < -0.3 is 14.8 Å². The standard InChI is InChI=1S/C17H16N2O3S/c20-16(7-11-3-1-2-4-11)19-17-18-13(9-23-17)12-5-6-14-15(8-12)22-10-21-14/h1,3,5-6,8-9,11H,2,4,7,10H2,(H,18,19,20). The van der Waals surface area contributed by atoms with Gasteiger partial charge in [-0.3, -0.25) is 4.79 Å². The van der Waals surface area contributed by atoms with Crippen molar-refractivity contribution in [1.82, 2.24) is 4.98 Å². The van der Waals surface area contributed by atoms with Crippen molar-refractivity contribution in [2.75, 3.05) is 12.1 Å². The molecule has 0 saturated heterocycles. The minimum absolute atomic E-state index is 0.0214. The number of nitrogens with one attached hydrogen (secondary N) is 1. The number of anilines is 1. The highest BCUT2D eigenvalue weighted by Crippen LogP contribution is 2.36. The predicted molar refractivity (Wildman–Crippen MR) is 88.8 cm³/mol. The van der Waals surface area contributed by atoms with Crippen LogP contribution in [0.1, 0.15) is 19.3 Å². The number of hydrogen-bond acceptors (Lipinski definition) is 5. The molecular formula is C17H16N2O3S. The molecule has 1 N–H and O–H groups in total. The second-order valence-electron chi connectivity index (χ2n) is 5.62.